The number of carbonyl (C=O) groups is 1. The number of aryl methyl sites for hydroxylation is 1. The van der Waals surface area contributed by atoms with Crippen LogP contribution in [0.25, 0.3) is 0 Å². The van der Waals surface area contributed by atoms with Crippen molar-refractivity contribution in [1.82, 2.24) is 14.9 Å². The number of piperazine rings is 1. The van der Waals surface area contributed by atoms with E-state index in [2.05, 4.69) is 14.9 Å². The number of nitrogens with zero attached hydrogens (tertiary/aromatic N) is 4. The van der Waals surface area contributed by atoms with Gasteiger partial charge in [-0.25, -0.2) is 9.97 Å². The Morgan fingerprint density at radius 3 is 2.35 bits per heavy atom. The fourth-order valence-electron chi connectivity index (χ4n) is 2.70. The van der Waals surface area contributed by atoms with Crippen LogP contribution in [0.2, 0.25) is 0 Å². The second kappa shape index (κ2) is 7.09. The van der Waals surface area contributed by atoms with E-state index in [9.17, 15) is 4.79 Å². The van der Waals surface area contributed by atoms with Crippen LogP contribution < -0.4 is 10.6 Å². The van der Waals surface area contributed by atoms with Gasteiger partial charge in [-0.1, -0.05) is 12.1 Å². The van der Waals surface area contributed by atoms with Crippen LogP contribution in [0.4, 0.5) is 11.6 Å². The van der Waals surface area contributed by atoms with Crippen molar-refractivity contribution in [3.63, 3.8) is 0 Å². The van der Waals surface area contributed by atoms with Crippen LogP contribution in [0, 0.1) is 0 Å². The van der Waals surface area contributed by atoms with Crippen LogP contribution in [0.5, 0.6) is 0 Å². The normalized spacial score (nSPS) is 14.8. The van der Waals surface area contributed by atoms with Gasteiger partial charge in [-0.05, 0) is 30.2 Å². The van der Waals surface area contributed by atoms with Gasteiger partial charge in [-0.3, -0.25) is 4.79 Å². The van der Waals surface area contributed by atoms with Crippen LogP contribution in [-0.2, 0) is 11.2 Å². The zero-order valence-electron chi connectivity index (χ0n) is 13.1. The molecule has 6 nitrogen and oxygen atoms in total. The molecule has 1 aliphatic heterocycles. The van der Waals surface area contributed by atoms with E-state index in [0.29, 0.717) is 6.42 Å². The Bertz CT molecular complexity index is 636. The first kappa shape index (κ1) is 15.3. The topological polar surface area (TPSA) is 75.4 Å². The fourth-order valence-corrected chi connectivity index (χ4v) is 2.70. The standard InChI is InChI=1S/C17H21N5O/c18-15-5-2-14(3-6-15)4-7-16(23)21-10-12-22(13-11-21)17-19-8-1-9-20-17/h1-3,5-6,8-9H,4,7,10-13,18H2. The van der Waals surface area contributed by atoms with Crippen LogP contribution in [0.1, 0.15) is 12.0 Å². The van der Waals surface area contributed by atoms with Crippen LogP contribution >= 0.6 is 0 Å². The Hall–Kier alpha value is -2.63. The minimum Gasteiger partial charge on any atom is -0.399 e. The Balaban J connectivity index is 1.47. The van der Waals surface area contributed by atoms with Gasteiger partial charge in [0.05, 0.1) is 0 Å². The van der Waals surface area contributed by atoms with Crippen LogP contribution in [0.3, 0.4) is 0 Å². The maximum Gasteiger partial charge on any atom is 0.225 e. The van der Waals surface area contributed by atoms with Gasteiger partial charge in [0.2, 0.25) is 11.9 Å². The third kappa shape index (κ3) is 3.97. The molecular formula is C17H21N5O. The van der Waals surface area contributed by atoms with Crippen molar-refractivity contribution >= 4 is 17.5 Å². The lowest BCUT2D eigenvalue weighted by Gasteiger charge is -2.34. The third-order valence-electron chi connectivity index (χ3n) is 4.07. The molecule has 0 bridgehead atoms. The van der Waals surface area contributed by atoms with E-state index in [1.54, 1.807) is 18.5 Å². The molecule has 0 unspecified atom stereocenters. The minimum absolute atomic E-state index is 0.204. The number of nitrogen functional groups attached to an aromatic ring is 1. The molecule has 1 aromatic heterocycles. The number of benzene rings is 1. The smallest absolute Gasteiger partial charge is 0.225 e. The van der Waals surface area contributed by atoms with Crippen molar-refractivity contribution in [3.8, 4) is 0 Å². The summed E-state index contributed by atoms with van der Waals surface area (Å²) in [7, 11) is 0. The van der Waals surface area contributed by atoms with Crippen LogP contribution in [-0.4, -0.2) is 47.0 Å². The van der Waals surface area contributed by atoms with Gasteiger partial charge >= 0.3 is 0 Å². The molecule has 0 aliphatic carbocycles. The molecule has 120 valence electrons. The molecule has 2 heterocycles. The van der Waals surface area contributed by atoms with E-state index in [1.165, 1.54) is 0 Å². The van der Waals surface area contributed by atoms with Crippen molar-refractivity contribution in [2.75, 3.05) is 36.8 Å². The van der Waals surface area contributed by atoms with E-state index in [0.717, 1.165) is 49.8 Å². The van der Waals surface area contributed by atoms with Crippen molar-refractivity contribution in [1.29, 1.82) is 0 Å². The van der Waals surface area contributed by atoms with E-state index in [-0.39, 0.29) is 5.91 Å². The lowest BCUT2D eigenvalue weighted by atomic mass is 10.1. The number of hydrogen-bond donors (Lipinski definition) is 1. The van der Waals surface area contributed by atoms with Gasteiger partial charge in [-0.15, -0.1) is 0 Å². The lowest BCUT2D eigenvalue weighted by molar-refractivity contribution is -0.131. The fraction of sp³-hybridized carbons (Fsp3) is 0.353. The maximum atomic E-state index is 12.3. The Morgan fingerprint density at radius 2 is 1.70 bits per heavy atom. The molecule has 1 aliphatic rings. The van der Waals surface area contributed by atoms with Crippen molar-refractivity contribution in [3.05, 3.63) is 48.3 Å². The van der Waals surface area contributed by atoms with Crippen molar-refractivity contribution in [2.45, 2.75) is 12.8 Å². The molecule has 2 aromatic rings. The summed E-state index contributed by atoms with van der Waals surface area (Å²) >= 11 is 0. The summed E-state index contributed by atoms with van der Waals surface area (Å²) in [5.41, 5.74) is 7.56. The van der Waals surface area contributed by atoms with Gasteiger partial charge < -0.3 is 15.5 Å². The summed E-state index contributed by atoms with van der Waals surface area (Å²) in [5.74, 6) is 0.942. The molecule has 0 radical (unpaired) electrons. The summed E-state index contributed by atoms with van der Waals surface area (Å²) in [4.78, 5) is 24.9. The molecule has 1 fully saturated rings. The van der Waals surface area contributed by atoms with E-state index < -0.39 is 0 Å². The monoisotopic (exact) mass is 311 g/mol. The molecule has 3 rings (SSSR count). The summed E-state index contributed by atoms with van der Waals surface area (Å²) in [6.07, 6.45) is 4.77. The quantitative estimate of drug-likeness (QED) is 0.862. The van der Waals surface area contributed by atoms with Gasteiger partial charge in [0.1, 0.15) is 0 Å². The van der Waals surface area contributed by atoms with E-state index in [1.807, 2.05) is 29.2 Å². The van der Waals surface area contributed by atoms with Gasteiger partial charge in [0, 0.05) is 50.7 Å². The van der Waals surface area contributed by atoms with Crippen molar-refractivity contribution < 1.29 is 4.79 Å². The summed E-state index contributed by atoms with van der Waals surface area (Å²) < 4.78 is 0. The van der Waals surface area contributed by atoms with E-state index >= 15 is 0 Å². The zero-order chi connectivity index (χ0) is 16.1. The number of aromatic nitrogens is 2. The highest BCUT2D eigenvalue weighted by Gasteiger charge is 2.22. The zero-order valence-corrected chi connectivity index (χ0v) is 13.1. The molecule has 2 N–H and O–H groups in total. The number of rotatable bonds is 4. The predicted molar refractivity (Wildman–Crippen MR) is 90.0 cm³/mol. The number of amides is 1. The Morgan fingerprint density at radius 1 is 1.04 bits per heavy atom. The number of anilines is 2. The SMILES string of the molecule is Nc1ccc(CCC(=O)N2CCN(c3ncccn3)CC2)cc1. The lowest BCUT2D eigenvalue weighted by Crippen LogP contribution is -2.49. The number of carbonyl (C=O) groups excluding carboxylic acids is 1. The van der Waals surface area contributed by atoms with Gasteiger partial charge in [0.25, 0.3) is 0 Å². The Labute approximate surface area is 135 Å². The highest BCUT2D eigenvalue weighted by Crippen LogP contribution is 2.12. The molecule has 23 heavy (non-hydrogen) atoms. The largest absolute Gasteiger partial charge is 0.399 e. The molecule has 1 aromatic carbocycles. The second-order valence-corrected chi connectivity index (χ2v) is 5.66. The molecular weight excluding hydrogens is 290 g/mol. The molecule has 0 atom stereocenters. The third-order valence-corrected chi connectivity index (χ3v) is 4.07. The number of hydrogen-bond acceptors (Lipinski definition) is 5. The molecule has 0 spiro atoms. The average Bonchev–Trinajstić information content (AvgIpc) is 2.62. The first-order valence-corrected chi connectivity index (χ1v) is 7.86. The highest BCUT2D eigenvalue weighted by molar-refractivity contribution is 5.76. The van der Waals surface area contributed by atoms with Gasteiger partial charge in [0.15, 0.2) is 0 Å². The Kier molecular flexibility index (Phi) is 4.71. The van der Waals surface area contributed by atoms with Gasteiger partial charge in [-0.2, -0.15) is 0 Å². The summed E-state index contributed by atoms with van der Waals surface area (Å²) in [6, 6.07) is 9.51. The molecule has 0 saturated carbocycles. The molecule has 1 amide bonds. The first-order chi connectivity index (χ1) is 11.2. The average molecular weight is 311 g/mol. The van der Waals surface area contributed by atoms with Crippen LogP contribution in [0.15, 0.2) is 42.7 Å². The van der Waals surface area contributed by atoms with Crippen molar-refractivity contribution in [2.24, 2.45) is 0 Å². The number of nitrogens with two attached hydrogens (primary N) is 1. The van der Waals surface area contributed by atoms with E-state index in [4.69, 9.17) is 5.73 Å². The second-order valence-electron chi connectivity index (χ2n) is 5.66. The highest BCUT2D eigenvalue weighted by atomic mass is 16.2. The maximum absolute atomic E-state index is 12.3. The first-order valence-electron chi connectivity index (χ1n) is 7.86. The summed E-state index contributed by atoms with van der Waals surface area (Å²) in [6.45, 7) is 2.99. The molecule has 1 saturated heterocycles. The molecule has 6 heteroatoms. The minimum atomic E-state index is 0.204. The predicted octanol–water partition coefficient (Wildman–Crippen LogP) is 1.34. The summed E-state index contributed by atoms with van der Waals surface area (Å²) in [5, 5.41) is 0.